The molecule has 1 fully saturated rings. The van der Waals surface area contributed by atoms with Crippen molar-refractivity contribution in [1.29, 1.82) is 5.26 Å². The van der Waals surface area contributed by atoms with Crippen LogP contribution in [-0.2, 0) is 26.1 Å². The number of nitriles is 1. The molecule has 3 aromatic rings. The van der Waals surface area contributed by atoms with Gasteiger partial charge in [0, 0.05) is 32.2 Å². The van der Waals surface area contributed by atoms with Crippen LogP contribution in [0.3, 0.4) is 0 Å². The lowest BCUT2D eigenvalue weighted by Crippen LogP contribution is -2.44. The Kier molecular flexibility index (Phi) is 6.98. The van der Waals surface area contributed by atoms with Crippen LogP contribution in [0.4, 0.5) is 5.95 Å². The van der Waals surface area contributed by atoms with E-state index < -0.39 is 5.69 Å². The molecule has 1 aliphatic rings. The van der Waals surface area contributed by atoms with Gasteiger partial charge in [-0.1, -0.05) is 42.0 Å². The van der Waals surface area contributed by atoms with Gasteiger partial charge in [0.05, 0.1) is 6.07 Å². The molecule has 0 aliphatic carbocycles. The number of anilines is 1. The van der Waals surface area contributed by atoms with Crippen LogP contribution in [0.5, 0.6) is 0 Å². The number of rotatable bonds is 7. The Hall–Kier alpha value is -3.64. The predicted octanol–water partition coefficient (Wildman–Crippen LogP) is 2.02. The van der Waals surface area contributed by atoms with Crippen molar-refractivity contribution >= 4 is 17.1 Å². The lowest BCUT2D eigenvalue weighted by atomic mass is 10.1. The molecule has 1 saturated heterocycles. The van der Waals surface area contributed by atoms with Crippen molar-refractivity contribution in [1.82, 2.24) is 18.7 Å². The lowest BCUT2D eigenvalue weighted by molar-refractivity contribution is 0.495. The van der Waals surface area contributed by atoms with Gasteiger partial charge >= 0.3 is 5.69 Å². The summed E-state index contributed by atoms with van der Waals surface area (Å²) in [4.78, 5) is 33.8. The van der Waals surface area contributed by atoms with E-state index in [4.69, 9.17) is 10.7 Å². The standard InChI is InChI=1S/C25H31N7O2/c1-18(2)10-14-30-21-22(28-24(30)29-13-6-9-20(27)17-29)31(16-12-26)25(34)32(23(21)33)15-11-19-7-4-3-5-8-19/h3-5,7-8,10,20H,6,9,11,13-17,27H2,1-2H3. The van der Waals surface area contributed by atoms with Crippen molar-refractivity contribution in [3.63, 3.8) is 0 Å². The number of aryl methyl sites for hydroxylation is 1. The van der Waals surface area contributed by atoms with Crippen LogP contribution in [0.2, 0.25) is 0 Å². The molecular formula is C25H31N7O2. The zero-order valence-corrected chi connectivity index (χ0v) is 19.8. The second kappa shape index (κ2) is 10.1. The topological polar surface area (TPSA) is 115 Å². The molecule has 9 heteroatoms. The summed E-state index contributed by atoms with van der Waals surface area (Å²) in [6, 6.07) is 11.8. The molecule has 1 atom stereocenters. The molecule has 3 heterocycles. The molecule has 0 saturated carbocycles. The number of nitrogens with zero attached hydrogens (tertiary/aromatic N) is 6. The van der Waals surface area contributed by atoms with Crippen LogP contribution in [-0.4, -0.2) is 37.8 Å². The lowest BCUT2D eigenvalue weighted by Gasteiger charge is -2.31. The van der Waals surface area contributed by atoms with E-state index in [1.54, 1.807) is 0 Å². The maximum absolute atomic E-state index is 13.7. The minimum absolute atomic E-state index is 0.0225. The van der Waals surface area contributed by atoms with Crippen molar-refractivity contribution in [2.45, 2.75) is 58.8 Å². The fourth-order valence-corrected chi connectivity index (χ4v) is 4.45. The minimum atomic E-state index is -0.510. The first-order valence-electron chi connectivity index (χ1n) is 11.7. The van der Waals surface area contributed by atoms with Gasteiger partial charge in [-0.2, -0.15) is 10.2 Å². The Balaban J connectivity index is 1.91. The number of aromatic nitrogens is 4. The van der Waals surface area contributed by atoms with E-state index in [0.29, 0.717) is 31.0 Å². The summed E-state index contributed by atoms with van der Waals surface area (Å²) in [6.45, 7) is 5.89. The predicted molar refractivity (Wildman–Crippen MR) is 133 cm³/mol. The molecular weight excluding hydrogens is 430 g/mol. The van der Waals surface area contributed by atoms with Gasteiger partial charge in [0.2, 0.25) is 5.95 Å². The first-order valence-corrected chi connectivity index (χ1v) is 11.7. The van der Waals surface area contributed by atoms with Crippen molar-refractivity contribution in [2.75, 3.05) is 18.0 Å². The highest BCUT2D eigenvalue weighted by Crippen LogP contribution is 2.23. The molecule has 9 nitrogen and oxygen atoms in total. The van der Waals surface area contributed by atoms with Crippen molar-refractivity contribution in [3.05, 3.63) is 68.4 Å². The summed E-state index contributed by atoms with van der Waals surface area (Å²) < 4.78 is 4.42. The summed E-state index contributed by atoms with van der Waals surface area (Å²) in [5.41, 5.74) is 8.07. The van der Waals surface area contributed by atoms with Crippen LogP contribution >= 0.6 is 0 Å². The number of fused-ring (bicyclic) bond motifs is 1. The van der Waals surface area contributed by atoms with Gasteiger partial charge in [0.25, 0.3) is 5.56 Å². The van der Waals surface area contributed by atoms with Crippen LogP contribution in [0.1, 0.15) is 32.3 Å². The Labute approximate surface area is 198 Å². The van der Waals surface area contributed by atoms with Gasteiger partial charge in [0.15, 0.2) is 11.2 Å². The van der Waals surface area contributed by atoms with E-state index in [2.05, 4.69) is 11.0 Å². The Bertz CT molecular complexity index is 1350. The van der Waals surface area contributed by atoms with Crippen molar-refractivity contribution in [3.8, 4) is 6.07 Å². The molecule has 34 heavy (non-hydrogen) atoms. The van der Waals surface area contributed by atoms with Gasteiger partial charge in [-0.15, -0.1) is 0 Å². The van der Waals surface area contributed by atoms with E-state index in [1.807, 2.05) is 54.8 Å². The van der Waals surface area contributed by atoms with E-state index >= 15 is 0 Å². The highest BCUT2D eigenvalue weighted by atomic mass is 16.2. The first kappa shape index (κ1) is 23.5. The third-order valence-corrected chi connectivity index (χ3v) is 6.21. The van der Waals surface area contributed by atoms with Crippen LogP contribution in [0.15, 0.2) is 51.6 Å². The molecule has 0 amide bonds. The average molecular weight is 462 g/mol. The molecule has 1 aliphatic heterocycles. The quantitative estimate of drug-likeness (QED) is 0.539. The van der Waals surface area contributed by atoms with E-state index in [9.17, 15) is 14.9 Å². The maximum Gasteiger partial charge on any atom is 0.333 e. The van der Waals surface area contributed by atoms with E-state index in [1.165, 1.54) is 9.13 Å². The maximum atomic E-state index is 13.7. The van der Waals surface area contributed by atoms with Gasteiger partial charge in [-0.25, -0.2) is 4.79 Å². The number of allylic oxidation sites excluding steroid dienone is 2. The van der Waals surface area contributed by atoms with Crippen molar-refractivity contribution < 1.29 is 0 Å². The van der Waals surface area contributed by atoms with Gasteiger partial charge in [-0.05, 0) is 38.7 Å². The molecule has 0 bridgehead atoms. The smallest absolute Gasteiger partial charge is 0.333 e. The molecule has 2 aromatic heterocycles. The second-order valence-corrected chi connectivity index (χ2v) is 9.04. The normalized spacial score (nSPS) is 15.9. The fraction of sp³-hybridized carbons (Fsp3) is 0.440. The highest BCUT2D eigenvalue weighted by molar-refractivity contribution is 5.75. The van der Waals surface area contributed by atoms with Gasteiger partial charge in [0.1, 0.15) is 6.54 Å². The minimum Gasteiger partial charge on any atom is -0.341 e. The van der Waals surface area contributed by atoms with Gasteiger partial charge in [-0.3, -0.25) is 13.9 Å². The highest BCUT2D eigenvalue weighted by Gasteiger charge is 2.26. The zero-order valence-electron chi connectivity index (χ0n) is 19.8. The molecule has 4 rings (SSSR count). The molecule has 1 aromatic carbocycles. The third kappa shape index (κ3) is 4.68. The van der Waals surface area contributed by atoms with Crippen molar-refractivity contribution in [2.24, 2.45) is 5.73 Å². The van der Waals surface area contributed by atoms with E-state index in [0.717, 1.165) is 30.5 Å². The molecule has 2 N–H and O–H groups in total. The molecule has 0 radical (unpaired) electrons. The fourth-order valence-electron chi connectivity index (χ4n) is 4.45. The third-order valence-electron chi connectivity index (χ3n) is 6.21. The summed E-state index contributed by atoms with van der Waals surface area (Å²) >= 11 is 0. The van der Waals surface area contributed by atoms with Crippen LogP contribution < -0.4 is 21.9 Å². The van der Waals surface area contributed by atoms with Gasteiger partial charge < -0.3 is 15.2 Å². The Morgan fingerprint density at radius 2 is 1.97 bits per heavy atom. The average Bonchev–Trinajstić information content (AvgIpc) is 3.20. The number of benzene rings is 1. The zero-order chi connectivity index (χ0) is 24.2. The first-order chi connectivity index (χ1) is 16.4. The summed E-state index contributed by atoms with van der Waals surface area (Å²) in [7, 11) is 0. The Morgan fingerprint density at radius 3 is 2.65 bits per heavy atom. The number of hydrogen-bond acceptors (Lipinski definition) is 6. The summed E-state index contributed by atoms with van der Waals surface area (Å²) in [5, 5.41) is 9.44. The molecule has 178 valence electrons. The molecule has 1 unspecified atom stereocenters. The largest absolute Gasteiger partial charge is 0.341 e. The number of nitrogens with two attached hydrogens (primary N) is 1. The van der Waals surface area contributed by atoms with Crippen LogP contribution in [0.25, 0.3) is 11.2 Å². The number of imidazole rings is 1. The van der Waals surface area contributed by atoms with E-state index in [-0.39, 0.29) is 30.3 Å². The number of piperidine rings is 1. The van der Waals surface area contributed by atoms with Crippen LogP contribution in [0, 0.1) is 11.3 Å². The monoisotopic (exact) mass is 461 g/mol. The second-order valence-electron chi connectivity index (χ2n) is 9.04. The molecule has 0 spiro atoms. The number of hydrogen-bond donors (Lipinski definition) is 1. The summed E-state index contributed by atoms with van der Waals surface area (Å²) in [5.74, 6) is 0.617. The summed E-state index contributed by atoms with van der Waals surface area (Å²) in [6.07, 6.45) is 4.43. The SMILES string of the molecule is CC(C)=CCn1c(N2CCCC(N)C2)nc2c1c(=O)n(CCc1ccccc1)c(=O)n2CC#N. The Morgan fingerprint density at radius 1 is 1.21 bits per heavy atom.